The molecule has 0 aromatic carbocycles. The van der Waals surface area contributed by atoms with Gasteiger partial charge < -0.3 is 5.21 Å². The van der Waals surface area contributed by atoms with Gasteiger partial charge in [0.25, 0.3) is 0 Å². The maximum absolute atomic E-state index is 13.6. The van der Waals surface area contributed by atoms with Crippen LogP contribution in [0.3, 0.4) is 0 Å². The summed E-state index contributed by atoms with van der Waals surface area (Å²) in [6.07, 6.45) is -25.2. The van der Waals surface area contributed by atoms with E-state index < -0.39 is 115 Å². The van der Waals surface area contributed by atoms with Gasteiger partial charge in [0.15, 0.2) is 0 Å². The minimum absolute atomic E-state index is 0.752. The van der Waals surface area contributed by atoms with E-state index in [1.54, 1.807) is 0 Å². The van der Waals surface area contributed by atoms with Crippen LogP contribution < -0.4 is 0 Å². The maximum Gasteiger partial charge on any atom is 0.460 e. The van der Waals surface area contributed by atoms with E-state index in [-0.39, 0.29) is 0 Å². The van der Waals surface area contributed by atoms with Crippen molar-refractivity contribution in [3.63, 3.8) is 0 Å². The van der Waals surface area contributed by atoms with Gasteiger partial charge in [-0.1, -0.05) is 0 Å². The average molecular weight is 753 g/mol. The Morgan fingerprint density at radius 1 is 0.304 bits per heavy atom. The monoisotopic (exact) mass is 753 g/mol. The molecule has 46 heavy (non-hydrogen) atoms. The summed E-state index contributed by atoms with van der Waals surface area (Å²) < 4.78 is 338. The first kappa shape index (κ1) is 44.1. The Balaban J connectivity index is 5.62. The van der Waals surface area contributed by atoms with Crippen LogP contribution in [-0.2, 0) is 0 Å². The van der Waals surface area contributed by atoms with Gasteiger partial charge in [-0.05, 0) is 12.8 Å². The first-order valence-corrected chi connectivity index (χ1v) is 11.0. The predicted octanol–water partition coefficient (Wildman–Crippen LogP) is 9.72. The second-order valence-electron chi connectivity index (χ2n) is 9.16. The lowest BCUT2D eigenvalue weighted by molar-refractivity contribution is -0.440. The maximum atomic E-state index is 13.6. The molecule has 0 unspecified atom stereocenters. The number of alkyl halides is 26. The number of hydroxylamine groups is 2. The van der Waals surface area contributed by atoms with Crippen LogP contribution in [0.2, 0.25) is 0 Å². The standard InChI is InChI=1S/C18H13F26NO/c19-7(20,9(23,24)11(27,28)13(31,32)15(35,36)17(39,40)41)3-1-5-45(46)6-2-4-8(21,22)10(25,26)12(29,30)14(33,34)16(37,38)18(42,43)44/h46H,1-6H2. The van der Waals surface area contributed by atoms with Crippen molar-refractivity contribution < 1.29 is 119 Å². The van der Waals surface area contributed by atoms with Crippen molar-refractivity contribution in [3.05, 3.63) is 0 Å². The van der Waals surface area contributed by atoms with Gasteiger partial charge in [0.1, 0.15) is 0 Å². The zero-order valence-electron chi connectivity index (χ0n) is 21.0. The second kappa shape index (κ2) is 12.2. The molecule has 1 N–H and O–H groups in total. The molecule has 0 spiro atoms. The van der Waals surface area contributed by atoms with E-state index in [1.807, 2.05) is 0 Å². The van der Waals surface area contributed by atoms with E-state index in [2.05, 4.69) is 0 Å². The van der Waals surface area contributed by atoms with Crippen LogP contribution >= 0.6 is 0 Å². The third-order valence-corrected chi connectivity index (χ3v) is 5.81. The summed E-state index contributed by atoms with van der Waals surface area (Å²) in [5.41, 5.74) is 0. The summed E-state index contributed by atoms with van der Waals surface area (Å²) in [6.45, 7) is -3.53. The zero-order chi connectivity index (χ0) is 37.8. The molecule has 28 heteroatoms. The van der Waals surface area contributed by atoms with Gasteiger partial charge in [-0.3, -0.25) is 0 Å². The van der Waals surface area contributed by atoms with E-state index in [1.165, 1.54) is 0 Å². The fourth-order valence-corrected chi connectivity index (χ4v) is 3.00. The highest BCUT2D eigenvalue weighted by molar-refractivity contribution is 5.11. The normalized spacial score (nSPS) is 16.4. The SMILES string of the molecule is ON(CCCC(F)(F)C(F)(F)C(F)(F)C(F)(F)C(F)(F)C(F)(F)F)CCCC(F)(F)C(F)(F)C(F)(F)C(F)(F)C(F)(F)C(F)(F)F. The molecule has 0 rings (SSSR count). The van der Waals surface area contributed by atoms with Crippen LogP contribution in [-0.4, -0.2) is 94.9 Å². The number of halogens is 26. The minimum Gasteiger partial charge on any atom is -0.314 e. The van der Waals surface area contributed by atoms with Crippen LogP contribution in [0.25, 0.3) is 0 Å². The van der Waals surface area contributed by atoms with Crippen molar-refractivity contribution >= 4 is 0 Å². The number of hydrogen-bond acceptors (Lipinski definition) is 2. The Hall–Kier alpha value is -1.90. The molecule has 0 aliphatic carbocycles. The Morgan fingerprint density at radius 3 is 0.696 bits per heavy atom. The number of hydrogen-bond donors (Lipinski definition) is 1. The molecule has 0 aromatic rings. The lowest BCUT2D eigenvalue weighted by Gasteiger charge is -2.40. The van der Waals surface area contributed by atoms with Crippen molar-refractivity contribution in [2.24, 2.45) is 0 Å². The quantitative estimate of drug-likeness (QED) is 0.125. The van der Waals surface area contributed by atoms with Crippen LogP contribution in [0.4, 0.5) is 114 Å². The molecule has 0 radical (unpaired) electrons. The lowest BCUT2D eigenvalue weighted by Crippen LogP contribution is -2.70. The Kier molecular flexibility index (Phi) is 11.7. The molecular formula is C18H13F26NO. The third-order valence-electron chi connectivity index (χ3n) is 5.81. The van der Waals surface area contributed by atoms with Crippen molar-refractivity contribution in [2.45, 2.75) is 97.3 Å². The number of nitrogens with zero attached hydrogens (tertiary/aromatic N) is 1. The highest BCUT2D eigenvalue weighted by Crippen LogP contribution is 2.62. The Bertz CT molecular complexity index is 945. The fourth-order valence-electron chi connectivity index (χ4n) is 3.00. The van der Waals surface area contributed by atoms with Crippen LogP contribution in [0.5, 0.6) is 0 Å². The van der Waals surface area contributed by atoms with E-state index in [0.29, 0.717) is 0 Å². The first-order valence-electron chi connectivity index (χ1n) is 11.0. The summed E-state index contributed by atoms with van der Waals surface area (Å²) in [4.78, 5) is 0. The topological polar surface area (TPSA) is 23.5 Å². The van der Waals surface area contributed by atoms with Crippen molar-refractivity contribution in [1.82, 2.24) is 5.06 Å². The Morgan fingerprint density at radius 2 is 0.500 bits per heavy atom. The van der Waals surface area contributed by atoms with E-state index >= 15 is 0 Å². The first-order chi connectivity index (χ1) is 19.6. The third kappa shape index (κ3) is 6.82. The number of rotatable bonds is 16. The van der Waals surface area contributed by atoms with Crippen LogP contribution in [0.1, 0.15) is 25.7 Å². The minimum atomic E-state index is -8.25. The average Bonchev–Trinajstić information content (AvgIpc) is 2.81. The van der Waals surface area contributed by atoms with E-state index in [4.69, 9.17) is 0 Å². The highest BCUT2D eigenvalue weighted by Gasteiger charge is 2.91. The molecule has 0 saturated carbocycles. The van der Waals surface area contributed by atoms with Gasteiger partial charge in [-0.15, -0.1) is 0 Å². The molecule has 0 bridgehead atoms. The molecule has 2 nitrogen and oxygen atoms in total. The highest BCUT2D eigenvalue weighted by atomic mass is 19.4. The van der Waals surface area contributed by atoms with Gasteiger partial charge in [0.05, 0.1) is 0 Å². The molecule has 0 aliphatic rings. The summed E-state index contributed by atoms with van der Waals surface area (Å²) >= 11 is 0. The second-order valence-corrected chi connectivity index (χ2v) is 9.16. The molecule has 0 heterocycles. The molecule has 0 amide bonds. The molecule has 0 aromatic heterocycles. The summed E-state index contributed by atoms with van der Waals surface area (Å²) in [5.74, 6) is -77.7. The van der Waals surface area contributed by atoms with Crippen molar-refractivity contribution in [1.29, 1.82) is 0 Å². The summed E-state index contributed by atoms with van der Waals surface area (Å²) in [5, 5.41) is 8.45. The summed E-state index contributed by atoms with van der Waals surface area (Å²) in [6, 6.07) is 0. The molecule has 0 saturated heterocycles. The molecule has 0 atom stereocenters. The largest absolute Gasteiger partial charge is 0.460 e. The molecule has 0 aliphatic heterocycles. The lowest BCUT2D eigenvalue weighted by atomic mass is 9.92. The molecular weight excluding hydrogens is 740 g/mol. The van der Waals surface area contributed by atoms with Gasteiger partial charge in [0.2, 0.25) is 0 Å². The van der Waals surface area contributed by atoms with Crippen LogP contribution in [0.15, 0.2) is 0 Å². The zero-order valence-corrected chi connectivity index (χ0v) is 21.0. The summed E-state index contributed by atoms with van der Waals surface area (Å²) in [7, 11) is 0. The predicted molar refractivity (Wildman–Crippen MR) is 93.4 cm³/mol. The van der Waals surface area contributed by atoms with Crippen LogP contribution in [0, 0.1) is 0 Å². The van der Waals surface area contributed by atoms with Gasteiger partial charge in [-0.25, -0.2) is 0 Å². The smallest absolute Gasteiger partial charge is 0.314 e. The molecule has 0 fully saturated rings. The molecule has 278 valence electrons. The van der Waals surface area contributed by atoms with Crippen molar-refractivity contribution in [3.8, 4) is 0 Å². The van der Waals surface area contributed by atoms with Gasteiger partial charge in [0, 0.05) is 25.9 Å². The van der Waals surface area contributed by atoms with Gasteiger partial charge >= 0.3 is 71.6 Å². The Labute approximate surface area is 236 Å². The van der Waals surface area contributed by atoms with Crippen molar-refractivity contribution in [2.75, 3.05) is 13.1 Å². The van der Waals surface area contributed by atoms with Gasteiger partial charge in [-0.2, -0.15) is 119 Å². The fraction of sp³-hybridized carbons (Fsp3) is 1.00. The van der Waals surface area contributed by atoms with E-state index in [0.717, 1.165) is 0 Å². The van der Waals surface area contributed by atoms with E-state index in [9.17, 15) is 119 Å².